The number of fused-ring (bicyclic) bond motifs is 1. The van der Waals surface area contributed by atoms with Gasteiger partial charge in [-0.1, -0.05) is 35.5 Å². The summed E-state index contributed by atoms with van der Waals surface area (Å²) in [4.78, 5) is 4.82. The molecule has 5 heteroatoms. The normalized spacial score (nSPS) is 16.2. The fourth-order valence-electron chi connectivity index (χ4n) is 3.93. The molecule has 5 nitrogen and oxygen atoms in total. The standard InChI is InChI=1S/C24H29N3O2/c1-17-23(18(2)29-25-17)16-28-22-11-9-19(10-12-22)14-27-15-21(26(3)4)13-20-7-5-6-8-24(20)27/h5-12,21H,13-16H2,1-4H3. The van der Waals surface area contributed by atoms with Crippen LogP contribution in [0.5, 0.6) is 5.75 Å². The molecule has 152 valence electrons. The molecule has 2 heterocycles. The van der Waals surface area contributed by atoms with E-state index in [9.17, 15) is 0 Å². The van der Waals surface area contributed by atoms with Gasteiger partial charge in [0.15, 0.2) is 0 Å². The van der Waals surface area contributed by atoms with Gasteiger partial charge in [0.25, 0.3) is 0 Å². The van der Waals surface area contributed by atoms with Gasteiger partial charge in [0.1, 0.15) is 18.1 Å². The van der Waals surface area contributed by atoms with Crippen LogP contribution in [-0.2, 0) is 19.6 Å². The van der Waals surface area contributed by atoms with Crippen LogP contribution < -0.4 is 9.64 Å². The lowest BCUT2D eigenvalue weighted by Crippen LogP contribution is -2.45. The van der Waals surface area contributed by atoms with Crippen LogP contribution in [0.25, 0.3) is 0 Å². The molecule has 0 amide bonds. The predicted molar refractivity (Wildman–Crippen MR) is 115 cm³/mol. The lowest BCUT2D eigenvalue weighted by atomic mass is 9.96. The topological polar surface area (TPSA) is 41.7 Å². The zero-order chi connectivity index (χ0) is 20.4. The van der Waals surface area contributed by atoms with Crippen LogP contribution in [0.4, 0.5) is 5.69 Å². The average Bonchev–Trinajstić information content (AvgIpc) is 3.05. The van der Waals surface area contributed by atoms with E-state index >= 15 is 0 Å². The maximum Gasteiger partial charge on any atom is 0.140 e. The minimum atomic E-state index is 0.477. The lowest BCUT2D eigenvalue weighted by molar-refractivity contribution is 0.285. The van der Waals surface area contributed by atoms with Crippen molar-refractivity contribution < 1.29 is 9.26 Å². The predicted octanol–water partition coefficient (Wildman–Crippen LogP) is 4.36. The zero-order valence-electron chi connectivity index (χ0n) is 17.7. The summed E-state index contributed by atoms with van der Waals surface area (Å²) >= 11 is 0. The van der Waals surface area contributed by atoms with Crippen molar-refractivity contribution in [1.82, 2.24) is 10.1 Å². The van der Waals surface area contributed by atoms with Crippen molar-refractivity contribution >= 4 is 5.69 Å². The third-order valence-electron chi connectivity index (χ3n) is 5.81. The van der Waals surface area contributed by atoms with Gasteiger partial charge in [0.2, 0.25) is 0 Å². The molecule has 1 aliphatic heterocycles. The quantitative estimate of drug-likeness (QED) is 0.624. The lowest BCUT2D eigenvalue weighted by Gasteiger charge is -2.39. The van der Waals surface area contributed by atoms with Gasteiger partial charge in [0.05, 0.1) is 11.3 Å². The Bertz CT molecular complexity index is 943. The number of rotatable bonds is 6. The van der Waals surface area contributed by atoms with Crippen LogP contribution in [-0.4, -0.2) is 36.7 Å². The van der Waals surface area contributed by atoms with Crippen LogP contribution in [0.2, 0.25) is 0 Å². The first-order chi connectivity index (χ1) is 14.0. The second-order valence-corrected chi connectivity index (χ2v) is 8.07. The fraction of sp³-hybridized carbons (Fsp3) is 0.375. The number of anilines is 1. The number of hydrogen-bond acceptors (Lipinski definition) is 5. The number of benzene rings is 2. The Hall–Kier alpha value is -2.79. The minimum absolute atomic E-state index is 0.477. The molecule has 0 aliphatic carbocycles. The van der Waals surface area contributed by atoms with Gasteiger partial charge in [-0.3, -0.25) is 0 Å². The van der Waals surface area contributed by atoms with Crippen molar-refractivity contribution in [2.75, 3.05) is 25.5 Å². The molecule has 0 saturated heterocycles. The molecule has 3 aromatic rings. The second kappa shape index (κ2) is 8.29. The summed E-state index contributed by atoms with van der Waals surface area (Å²) in [7, 11) is 4.34. The second-order valence-electron chi connectivity index (χ2n) is 8.07. The number of hydrogen-bond donors (Lipinski definition) is 0. The molecule has 1 atom stereocenters. The van der Waals surface area contributed by atoms with Crippen molar-refractivity contribution in [1.29, 1.82) is 0 Å². The van der Waals surface area contributed by atoms with E-state index in [1.807, 2.05) is 26.0 Å². The molecular formula is C24H29N3O2. The maximum atomic E-state index is 5.94. The summed E-state index contributed by atoms with van der Waals surface area (Å²) in [5.41, 5.74) is 5.97. The third-order valence-corrected chi connectivity index (χ3v) is 5.81. The average molecular weight is 392 g/mol. The van der Waals surface area contributed by atoms with Crippen molar-refractivity contribution in [2.24, 2.45) is 0 Å². The summed E-state index contributed by atoms with van der Waals surface area (Å²) in [5, 5.41) is 3.98. The highest BCUT2D eigenvalue weighted by Gasteiger charge is 2.25. The van der Waals surface area contributed by atoms with Gasteiger partial charge in [-0.05, 0) is 63.7 Å². The Labute approximate surface area is 172 Å². The fourth-order valence-corrected chi connectivity index (χ4v) is 3.93. The highest BCUT2D eigenvalue weighted by atomic mass is 16.5. The molecule has 1 aromatic heterocycles. The van der Waals surface area contributed by atoms with E-state index in [-0.39, 0.29) is 0 Å². The van der Waals surface area contributed by atoms with E-state index < -0.39 is 0 Å². The molecule has 0 radical (unpaired) electrons. The number of nitrogens with zero attached hydrogens (tertiary/aromatic N) is 3. The zero-order valence-corrected chi connectivity index (χ0v) is 17.7. The van der Waals surface area contributed by atoms with E-state index in [0.29, 0.717) is 12.6 Å². The monoisotopic (exact) mass is 391 g/mol. The first-order valence-corrected chi connectivity index (χ1v) is 10.1. The molecule has 0 spiro atoms. The highest BCUT2D eigenvalue weighted by Crippen LogP contribution is 2.30. The Kier molecular flexibility index (Phi) is 5.58. The van der Waals surface area contributed by atoms with Gasteiger partial charge < -0.3 is 19.1 Å². The van der Waals surface area contributed by atoms with Gasteiger partial charge in [-0.15, -0.1) is 0 Å². The highest BCUT2D eigenvalue weighted by molar-refractivity contribution is 5.56. The minimum Gasteiger partial charge on any atom is -0.489 e. The van der Waals surface area contributed by atoms with Gasteiger partial charge in [0, 0.05) is 24.8 Å². The smallest absolute Gasteiger partial charge is 0.140 e. The van der Waals surface area contributed by atoms with E-state index in [2.05, 4.69) is 65.5 Å². The number of likely N-dealkylation sites (N-methyl/N-ethyl adjacent to an activating group) is 1. The summed E-state index contributed by atoms with van der Waals surface area (Å²) in [6, 6.07) is 17.7. The number of aromatic nitrogens is 1. The number of para-hydroxylation sites is 1. The Morgan fingerprint density at radius 1 is 1.10 bits per heavy atom. The van der Waals surface area contributed by atoms with Crippen LogP contribution in [0.3, 0.4) is 0 Å². The molecule has 4 rings (SSSR count). The number of ether oxygens (including phenoxy) is 1. The maximum absolute atomic E-state index is 5.94. The first kappa shape index (κ1) is 19.5. The van der Waals surface area contributed by atoms with E-state index in [4.69, 9.17) is 9.26 Å². The van der Waals surface area contributed by atoms with Crippen LogP contribution in [0.15, 0.2) is 53.1 Å². The van der Waals surface area contributed by atoms with Crippen molar-refractivity contribution in [3.8, 4) is 5.75 Å². The Morgan fingerprint density at radius 2 is 1.86 bits per heavy atom. The third kappa shape index (κ3) is 4.30. The van der Waals surface area contributed by atoms with Gasteiger partial charge in [-0.25, -0.2) is 0 Å². The Morgan fingerprint density at radius 3 is 2.55 bits per heavy atom. The van der Waals surface area contributed by atoms with Crippen molar-refractivity contribution in [3.63, 3.8) is 0 Å². The molecular weight excluding hydrogens is 362 g/mol. The van der Waals surface area contributed by atoms with E-state index in [0.717, 1.165) is 42.3 Å². The molecule has 0 N–H and O–H groups in total. The molecule has 2 aromatic carbocycles. The summed E-state index contributed by atoms with van der Waals surface area (Å²) < 4.78 is 11.1. The SMILES string of the molecule is Cc1noc(C)c1COc1ccc(CN2CC(N(C)C)Cc3ccccc32)cc1. The molecule has 1 aliphatic rings. The molecule has 1 unspecified atom stereocenters. The Balaban J connectivity index is 1.44. The molecule has 0 saturated carbocycles. The van der Waals surface area contributed by atoms with Crippen LogP contribution >= 0.6 is 0 Å². The summed E-state index contributed by atoms with van der Waals surface area (Å²) in [6.45, 7) is 6.26. The van der Waals surface area contributed by atoms with Gasteiger partial charge >= 0.3 is 0 Å². The van der Waals surface area contributed by atoms with Crippen molar-refractivity contribution in [2.45, 2.75) is 39.5 Å². The largest absolute Gasteiger partial charge is 0.489 e. The van der Waals surface area contributed by atoms with Gasteiger partial charge in [-0.2, -0.15) is 0 Å². The first-order valence-electron chi connectivity index (χ1n) is 10.1. The van der Waals surface area contributed by atoms with Crippen LogP contribution in [0, 0.1) is 13.8 Å². The summed E-state index contributed by atoms with van der Waals surface area (Å²) in [5.74, 6) is 1.68. The molecule has 29 heavy (non-hydrogen) atoms. The van der Waals surface area contributed by atoms with E-state index in [1.54, 1.807) is 0 Å². The molecule has 0 bridgehead atoms. The van der Waals surface area contributed by atoms with Crippen molar-refractivity contribution in [3.05, 3.63) is 76.7 Å². The molecule has 0 fully saturated rings. The van der Waals surface area contributed by atoms with Crippen LogP contribution in [0.1, 0.15) is 28.1 Å². The number of aryl methyl sites for hydroxylation is 2. The van der Waals surface area contributed by atoms with E-state index in [1.165, 1.54) is 16.8 Å². The summed E-state index contributed by atoms with van der Waals surface area (Å²) in [6.07, 6.45) is 1.11.